The monoisotopic (exact) mass is 719 g/mol. The van der Waals surface area contributed by atoms with E-state index in [0.29, 0.717) is 6.42 Å². The van der Waals surface area contributed by atoms with Gasteiger partial charge in [-0.1, -0.05) is 27.7 Å². The molecule has 0 radical (unpaired) electrons. The minimum Gasteiger partial charge on any atom is -0.459 e. The lowest BCUT2D eigenvalue weighted by Crippen LogP contribution is -2.61. The minimum absolute atomic E-state index is 0.118. The lowest BCUT2D eigenvalue weighted by Gasteiger charge is -2.48. The molecule has 0 spiro atoms. The van der Waals surface area contributed by atoms with Crippen LogP contribution in [-0.4, -0.2) is 146 Å². The number of Topliss-reactive ketones (excluding diaryl/α,β-unsaturated/α-hetero) is 1. The molecule has 14 nitrogen and oxygen atoms in total. The molecule has 0 unspecified atom stereocenters. The number of hydrogen-bond donors (Lipinski definition) is 6. The van der Waals surface area contributed by atoms with Crippen LogP contribution < -0.4 is 0 Å². The Morgan fingerprint density at radius 1 is 0.840 bits per heavy atom. The Morgan fingerprint density at radius 3 is 1.98 bits per heavy atom. The molecule has 3 fully saturated rings. The predicted molar refractivity (Wildman–Crippen MR) is 181 cm³/mol. The molecule has 3 aliphatic rings. The maximum absolute atomic E-state index is 14.0. The van der Waals surface area contributed by atoms with Gasteiger partial charge in [0.25, 0.3) is 0 Å². The van der Waals surface area contributed by atoms with Crippen LogP contribution in [0.25, 0.3) is 0 Å². The van der Waals surface area contributed by atoms with Crippen molar-refractivity contribution in [1.29, 1.82) is 0 Å². The van der Waals surface area contributed by atoms with Gasteiger partial charge in [0.2, 0.25) is 0 Å². The van der Waals surface area contributed by atoms with Crippen LogP contribution in [0.5, 0.6) is 0 Å². The molecule has 3 aliphatic heterocycles. The second-order valence-corrected chi connectivity index (χ2v) is 16.3. The first-order valence-corrected chi connectivity index (χ1v) is 18.1. The second-order valence-electron chi connectivity index (χ2n) is 16.3. The average molecular weight is 720 g/mol. The van der Waals surface area contributed by atoms with Crippen LogP contribution >= 0.6 is 0 Å². The molecule has 3 heterocycles. The molecule has 3 rings (SSSR count). The minimum atomic E-state index is -2.01. The van der Waals surface area contributed by atoms with Gasteiger partial charge in [0, 0.05) is 30.2 Å². The molecule has 0 amide bonds. The van der Waals surface area contributed by atoms with Gasteiger partial charge >= 0.3 is 5.97 Å². The van der Waals surface area contributed by atoms with Crippen LogP contribution in [0.15, 0.2) is 0 Å². The van der Waals surface area contributed by atoms with Crippen LogP contribution in [0.3, 0.4) is 0 Å². The molecule has 0 saturated carbocycles. The smallest absolute Gasteiger partial charge is 0.311 e. The highest BCUT2D eigenvalue weighted by atomic mass is 16.7. The Bertz CT molecular complexity index is 1150. The first-order valence-electron chi connectivity index (χ1n) is 18.1. The van der Waals surface area contributed by atoms with Crippen molar-refractivity contribution in [3.05, 3.63) is 0 Å². The Labute approximate surface area is 297 Å². The third kappa shape index (κ3) is 9.25. The second kappa shape index (κ2) is 16.4. The summed E-state index contributed by atoms with van der Waals surface area (Å²) in [6.07, 6.45) is -10.7. The van der Waals surface area contributed by atoms with Gasteiger partial charge in [-0.05, 0) is 74.9 Å². The fourth-order valence-electron chi connectivity index (χ4n) is 8.22. The van der Waals surface area contributed by atoms with Gasteiger partial charge in [-0.25, -0.2) is 0 Å². The highest BCUT2D eigenvalue weighted by Crippen LogP contribution is 2.40. The van der Waals surface area contributed by atoms with E-state index in [1.165, 1.54) is 27.7 Å². The van der Waals surface area contributed by atoms with Crippen molar-refractivity contribution in [2.75, 3.05) is 14.1 Å². The lowest BCUT2D eigenvalue weighted by molar-refractivity contribution is -0.316. The third-order valence-corrected chi connectivity index (χ3v) is 11.4. The molecule has 3 saturated heterocycles. The van der Waals surface area contributed by atoms with E-state index in [-0.39, 0.29) is 31.4 Å². The zero-order chi connectivity index (χ0) is 38.3. The van der Waals surface area contributed by atoms with E-state index >= 15 is 0 Å². The average Bonchev–Trinajstić information content (AvgIpc) is 3.01. The van der Waals surface area contributed by atoms with Crippen molar-refractivity contribution in [3.63, 3.8) is 0 Å². The summed E-state index contributed by atoms with van der Waals surface area (Å²) in [5.74, 6) is -5.14. The Kier molecular flexibility index (Phi) is 14.1. The number of ether oxygens (including phenoxy) is 5. The number of rotatable bonds is 6. The summed E-state index contributed by atoms with van der Waals surface area (Å²) >= 11 is 0. The van der Waals surface area contributed by atoms with Gasteiger partial charge < -0.3 is 59.2 Å². The SMILES string of the molecule is CC[C@H]1OC(=O)[C@H](C)[C@@H](O[C@H]2C[C@@](C)(O)[C@@H](O)[C@H](C)O2)[C@H](C)[C@@H](O[C@@H]2O[C@H](C)C[C@H](N(C)C)[C@H]2O)[C@@](C)(O)C[C@@H](C)C(=O)[C@H](C)[C@@H](O)[C@@]1(C)O. The molecule has 292 valence electrons. The van der Waals surface area contributed by atoms with Crippen molar-refractivity contribution in [1.82, 2.24) is 4.90 Å². The highest BCUT2D eigenvalue weighted by Gasteiger charge is 2.53. The number of aliphatic hydroxyl groups is 6. The van der Waals surface area contributed by atoms with Gasteiger partial charge in [0.15, 0.2) is 12.6 Å². The molecule has 6 N–H and O–H groups in total. The molecule has 0 aliphatic carbocycles. The number of aliphatic hydroxyl groups excluding tert-OH is 3. The van der Waals surface area contributed by atoms with Gasteiger partial charge in [-0.3, -0.25) is 9.59 Å². The number of carbonyl (C=O) groups excluding carboxylic acids is 2. The molecule has 0 bridgehead atoms. The van der Waals surface area contributed by atoms with E-state index in [1.54, 1.807) is 34.6 Å². The summed E-state index contributed by atoms with van der Waals surface area (Å²) in [5.41, 5.74) is -5.42. The van der Waals surface area contributed by atoms with Crippen molar-refractivity contribution >= 4 is 11.8 Å². The van der Waals surface area contributed by atoms with Crippen LogP contribution in [0.2, 0.25) is 0 Å². The van der Waals surface area contributed by atoms with E-state index in [4.69, 9.17) is 23.7 Å². The molecule has 14 heteroatoms. The summed E-state index contributed by atoms with van der Waals surface area (Å²) in [7, 11) is 3.67. The third-order valence-electron chi connectivity index (χ3n) is 11.4. The topological polar surface area (TPSA) is 205 Å². The zero-order valence-electron chi connectivity index (χ0n) is 32.0. The van der Waals surface area contributed by atoms with Crippen molar-refractivity contribution in [2.24, 2.45) is 23.7 Å². The summed E-state index contributed by atoms with van der Waals surface area (Å²) in [5, 5.41) is 68.1. The van der Waals surface area contributed by atoms with Gasteiger partial charge in [-0.2, -0.15) is 0 Å². The zero-order valence-corrected chi connectivity index (χ0v) is 32.0. The molecular weight excluding hydrogens is 654 g/mol. The maximum Gasteiger partial charge on any atom is 0.311 e. The molecular formula is C36H65NO13. The fraction of sp³-hybridized carbons (Fsp3) is 0.944. The van der Waals surface area contributed by atoms with Crippen molar-refractivity contribution in [3.8, 4) is 0 Å². The van der Waals surface area contributed by atoms with E-state index in [2.05, 4.69) is 0 Å². The standard InChI is InChI=1S/C36H65NO13/c1-13-24-36(10,45)29(40)19(4)26(38)17(2)15-35(9,44)31(50-33-27(39)23(37(11)12)14-18(3)46-33)20(5)28(21(6)32(42)48-24)49-25-16-34(8,43)30(41)22(7)47-25/h17-25,27-31,33,39-41,43-45H,13-16H2,1-12H3/t17-,18-,19+,20+,21-,22+,23+,24-,25+,27-,28+,29-,30+,31-,33+,34-,35+,36+/m1/s1. The number of ketones is 1. The first kappa shape index (κ1) is 43.1. The predicted octanol–water partition coefficient (Wildman–Crippen LogP) is 1.13. The highest BCUT2D eigenvalue weighted by molar-refractivity contribution is 5.83. The lowest BCUT2D eigenvalue weighted by atomic mass is 9.74. The number of likely N-dealkylation sites (N-methyl/N-ethyl adjacent to an activating group) is 1. The number of nitrogens with zero attached hydrogens (tertiary/aromatic N) is 1. The largest absolute Gasteiger partial charge is 0.459 e. The van der Waals surface area contributed by atoms with Gasteiger partial charge in [0.1, 0.15) is 29.7 Å². The van der Waals surface area contributed by atoms with Crippen LogP contribution in [0.1, 0.15) is 94.9 Å². The van der Waals surface area contributed by atoms with Crippen molar-refractivity contribution in [2.45, 2.75) is 179 Å². The Hall–Kier alpha value is -1.30. The Balaban J connectivity index is 2.17. The number of esters is 1. The fourth-order valence-corrected chi connectivity index (χ4v) is 8.22. The van der Waals surface area contributed by atoms with Crippen molar-refractivity contribution < 1.29 is 63.9 Å². The number of hydrogen-bond acceptors (Lipinski definition) is 14. The number of cyclic esters (lactones) is 1. The molecule has 0 aromatic rings. The summed E-state index contributed by atoms with van der Waals surface area (Å²) < 4.78 is 31.0. The van der Waals surface area contributed by atoms with Crippen LogP contribution in [0.4, 0.5) is 0 Å². The molecule has 18 atom stereocenters. The molecule has 0 aromatic heterocycles. The quantitative estimate of drug-likeness (QED) is 0.213. The molecule has 0 aromatic carbocycles. The molecule has 50 heavy (non-hydrogen) atoms. The summed E-state index contributed by atoms with van der Waals surface area (Å²) in [4.78, 5) is 29.6. The van der Waals surface area contributed by atoms with E-state index in [1.807, 2.05) is 25.9 Å². The van der Waals surface area contributed by atoms with E-state index in [0.717, 1.165) is 0 Å². The van der Waals surface area contributed by atoms with Gasteiger partial charge in [-0.15, -0.1) is 0 Å². The van der Waals surface area contributed by atoms with E-state index < -0.39 is 108 Å². The van der Waals surface area contributed by atoms with E-state index in [9.17, 15) is 40.2 Å². The normalized spacial score (nSPS) is 50.5. The first-order chi connectivity index (χ1) is 22.9. The van der Waals surface area contributed by atoms with Gasteiger partial charge in [0.05, 0.1) is 47.6 Å². The Morgan fingerprint density at radius 2 is 1.44 bits per heavy atom. The summed E-state index contributed by atoms with van der Waals surface area (Å²) in [6.45, 7) is 15.8. The maximum atomic E-state index is 14.0. The van der Waals surface area contributed by atoms with Crippen LogP contribution in [0, 0.1) is 23.7 Å². The summed E-state index contributed by atoms with van der Waals surface area (Å²) in [6, 6.07) is -0.337. The van der Waals surface area contributed by atoms with Crippen LogP contribution in [-0.2, 0) is 33.3 Å². The number of carbonyl (C=O) groups is 2.